The zero-order valence-electron chi connectivity index (χ0n) is 15.5. The number of nitrogens with one attached hydrogen (secondary N) is 1. The molecule has 0 fully saturated rings. The molecule has 1 N–H and O–H groups in total. The van der Waals surface area contributed by atoms with Crippen molar-refractivity contribution in [2.45, 2.75) is 13.5 Å². The molecule has 7 heteroatoms. The number of nitrogens with zero attached hydrogens (tertiary/aromatic N) is 3. The first kappa shape index (κ1) is 22.0. The molecule has 6 nitrogen and oxygen atoms in total. The molecule has 2 rings (SSSR count). The van der Waals surface area contributed by atoms with Crippen molar-refractivity contribution in [2.24, 2.45) is 4.99 Å². The summed E-state index contributed by atoms with van der Waals surface area (Å²) in [5, 5.41) is 3.31. The van der Waals surface area contributed by atoms with E-state index >= 15 is 0 Å². The molecule has 1 aromatic carbocycles. The first-order chi connectivity index (χ1) is 12.2. The van der Waals surface area contributed by atoms with Crippen molar-refractivity contribution < 1.29 is 9.47 Å². The largest absolute Gasteiger partial charge is 0.497 e. The van der Waals surface area contributed by atoms with Crippen molar-refractivity contribution in [3.05, 3.63) is 54.4 Å². The normalized spacial score (nSPS) is 10.7. The number of rotatable bonds is 8. The number of hydrogen-bond acceptors (Lipinski definition) is 4. The van der Waals surface area contributed by atoms with Crippen LogP contribution in [0.4, 0.5) is 0 Å². The Bertz CT molecular complexity index is 650. The molecule has 0 radical (unpaired) electrons. The van der Waals surface area contributed by atoms with Gasteiger partial charge in [0.1, 0.15) is 18.1 Å². The summed E-state index contributed by atoms with van der Waals surface area (Å²) in [4.78, 5) is 10.7. The molecule has 0 aliphatic heterocycles. The van der Waals surface area contributed by atoms with Gasteiger partial charge in [-0.3, -0.25) is 4.98 Å². The van der Waals surface area contributed by atoms with Gasteiger partial charge in [-0.15, -0.1) is 24.0 Å². The van der Waals surface area contributed by atoms with Crippen LogP contribution in [0, 0.1) is 0 Å². The third-order valence-corrected chi connectivity index (χ3v) is 3.53. The zero-order chi connectivity index (χ0) is 17.9. The molecule has 0 bridgehead atoms. The van der Waals surface area contributed by atoms with Gasteiger partial charge in [-0.25, -0.2) is 4.99 Å². The van der Waals surface area contributed by atoms with Gasteiger partial charge >= 0.3 is 0 Å². The topological polar surface area (TPSA) is 59.0 Å². The Morgan fingerprint density at radius 1 is 1.19 bits per heavy atom. The van der Waals surface area contributed by atoms with E-state index in [0.717, 1.165) is 30.5 Å². The Labute approximate surface area is 172 Å². The monoisotopic (exact) mass is 470 g/mol. The second-order valence-electron chi connectivity index (χ2n) is 5.48. The first-order valence-corrected chi connectivity index (χ1v) is 8.38. The predicted molar refractivity (Wildman–Crippen MR) is 116 cm³/mol. The number of ether oxygens (including phenoxy) is 2. The fourth-order valence-corrected chi connectivity index (χ4v) is 2.30. The minimum absolute atomic E-state index is 0. The Morgan fingerprint density at radius 2 is 1.96 bits per heavy atom. The molecule has 142 valence electrons. The molecule has 0 aliphatic carbocycles. The summed E-state index contributed by atoms with van der Waals surface area (Å²) in [6.07, 6.45) is 3.42. The van der Waals surface area contributed by atoms with Gasteiger partial charge in [0.15, 0.2) is 5.96 Å². The van der Waals surface area contributed by atoms with E-state index in [2.05, 4.69) is 39.2 Å². The van der Waals surface area contributed by atoms with Crippen LogP contribution < -0.4 is 14.8 Å². The fraction of sp³-hybridized carbons (Fsp3) is 0.368. The van der Waals surface area contributed by atoms with Crippen LogP contribution in [0.3, 0.4) is 0 Å². The summed E-state index contributed by atoms with van der Waals surface area (Å²) in [6, 6.07) is 11.8. The van der Waals surface area contributed by atoms with Crippen LogP contribution in [0.1, 0.15) is 12.5 Å². The van der Waals surface area contributed by atoms with E-state index < -0.39 is 0 Å². The van der Waals surface area contributed by atoms with Crippen molar-refractivity contribution in [3.63, 3.8) is 0 Å². The van der Waals surface area contributed by atoms with Gasteiger partial charge in [0.05, 0.1) is 19.9 Å². The summed E-state index contributed by atoms with van der Waals surface area (Å²) in [5.74, 6) is 2.47. The van der Waals surface area contributed by atoms with E-state index in [1.165, 1.54) is 5.56 Å². The summed E-state index contributed by atoms with van der Waals surface area (Å²) < 4.78 is 10.8. The molecule has 26 heavy (non-hydrogen) atoms. The number of guanidine groups is 1. The lowest BCUT2D eigenvalue weighted by molar-refractivity contribution is 0.326. The molecule has 0 atom stereocenters. The standard InChI is InChI=1S/C19H26N4O2.HI/c1-4-21-19(22-12-13-25-18-6-5-11-20-14-18)23(2)15-16-7-9-17(24-3)10-8-16;/h5-11,14H,4,12-13,15H2,1-3H3,(H,21,22);1H. The number of pyridine rings is 1. The van der Waals surface area contributed by atoms with E-state index in [1.54, 1.807) is 19.5 Å². The van der Waals surface area contributed by atoms with Crippen LogP contribution in [0.25, 0.3) is 0 Å². The molecule has 0 saturated carbocycles. The molecule has 2 aromatic rings. The third kappa shape index (κ3) is 7.47. The highest BCUT2D eigenvalue weighted by Gasteiger charge is 2.06. The minimum Gasteiger partial charge on any atom is -0.497 e. The van der Waals surface area contributed by atoms with Crippen LogP contribution in [0.15, 0.2) is 53.8 Å². The van der Waals surface area contributed by atoms with Crippen LogP contribution in [0.2, 0.25) is 0 Å². The van der Waals surface area contributed by atoms with Crippen molar-refractivity contribution in [2.75, 3.05) is 33.9 Å². The van der Waals surface area contributed by atoms with Crippen molar-refractivity contribution in [3.8, 4) is 11.5 Å². The Morgan fingerprint density at radius 3 is 2.58 bits per heavy atom. The van der Waals surface area contributed by atoms with Crippen molar-refractivity contribution in [1.29, 1.82) is 0 Å². The number of aromatic nitrogens is 1. The van der Waals surface area contributed by atoms with Gasteiger partial charge in [0, 0.05) is 26.3 Å². The molecule has 0 unspecified atom stereocenters. The number of benzene rings is 1. The molecule has 1 heterocycles. The summed E-state index contributed by atoms with van der Waals surface area (Å²) in [5.41, 5.74) is 1.19. The summed E-state index contributed by atoms with van der Waals surface area (Å²) in [7, 11) is 3.69. The van der Waals surface area contributed by atoms with Gasteiger partial charge in [0.25, 0.3) is 0 Å². The third-order valence-electron chi connectivity index (χ3n) is 3.53. The maximum absolute atomic E-state index is 5.63. The maximum atomic E-state index is 5.63. The predicted octanol–water partition coefficient (Wildman–Crippen LogP) is 3.18. The van der Waals surface area contributed by atoms with E-state index in [0.29, 0.717) is 13.2 Å². The van der Waals surface area contributed by atoms with Gasteiger partial charge in [-0.1, -0.05) is 12.1 Å². The van der Waals surface area contributed by atoms with E-state index in [1.807, 2.05) is 31.3 Å². The highest BCUT2D eigenvalue weighted by Crippen LogP contribution is 2.12. The van der Waals surface area contributed by atoms with E-state index in [-0.39, 0.29) is 24.0 Å². The number of aliphatic imine (C=N–C) groups is 1. The SMILES string of the molecule is CCNC(=NCCOc1cccnc1)N(C)Cc1ccc(OC)cc1.I. The number of methoxy groups -OCH3 is 1. The Hall–Kier alpha value is -2.03. The first-order valence-electron chi connectivity index (χ1n) is 8.38. The van der Waals surface area contributed by atoms with Gasteiger partial charge < -0.3 is 19.7 Å². The number of halogens is 1. The zero-order valence-corrected chi connectivity index (χ0v) is 17.8. The molecule has 0 aliphatic rings. The molecular formula is C19H27IN4O2. The fourth-order valence-electron chi connectivity index (χ4n) is 2.30. The van der Waals surface area contributed by atoms with Crippen molar-refractivity contribution in [1.82, 2.24) is 15.2 Å². The average Bonchev–Trinajstić information content (AvgIpc) is 2.65. The minimum atomic E-state index is 0. The highest BCUT2D eigenvalue weighted by atomic mass is 127. The molecule has 0 saturated heterocycles. The highest BCUT2D eigenvalue weighted by molar-refractivity contribution is 14.0. The molecular weight excluding hydrogens is 443 g/mol. The lowest BCUT2D eigenvalue weighted by Crippen LogP contribution is -2.38. The number of hydrogen-bond donors (Lipinski definition) is 1. The van der Waals surface area contributed by atoms with Gasteiger partial charge in [-0.2, -0.15) is 0 Å². The van der Waals surface area contributed by atoms with Crippen LogP contribution in [-0.4, -0.2) is 49.7 Å². The summed E-state index contributed by atoms with van der Waals surface area (Å²) >= 11 is 0. The Balaban J connectivity index is 0.00000338. The second-order valence-corrected chi connectivity index (χ2v) is 5.48. The van der Waals surface area contributed by atoms with E-state index in [9.17, 15) is 0 Å². The van der Waals surface area contributed by atoms with Crippen LogP contribution in [0.5, 0.6) is 11.5 Å². The quantitative estimate of drug-likeness (QED) is 0.278. The molecule has 1 aromatic heterocycles. The smallest absolute Gasteiger partial charge is 0.194 e. The summed E-state index contributed by atoms with van der Waals surface area (Å²) in [6.45, 7) is 4.72. The lowest BCUT2D eigenvalue weighted by atomic mass is 10.2. The molecule has 0 spiro atoms. The van der Waals surface area contributed by atoms with E-state index in [4.69, 9.17) is 9.47 Å². The van der Waals surface area contributed by atoms with Crippen LogP contribution in [-0.2, 0) is 6.54 Å². The average molecular weight is 470 g/mol. The van der Waals surface area contributed by atoms with Crippen molar-refractivity contribution >= 4 is 29.9 Å². The van der Waals surface area contributed by atoms with Gasteiger partial charge in [0.2, 0.25) is 0 Å². The van der Waals surface area contributed by atoms with Crippen LogP contribution >= 0.6 is 24.0 Å². The lowest BCUT2D eigenvalue weighted by Gasteiger charge is -2.22. The maximum Gasteiger partial charge on any atom is 0.194 e. The molecule has 0 amide bonds. The Kier molecular flexibility index (Phi) is 10.5. The van der Waals surface area contributed by atoms with Gasteiger partial charge in [-0.05, 0) is 36.8 Å². The second kappa shape index (κ2) is 12.3.